The van der Waals surface area contributed by atoms with Gasteiger partial charge in [0.25, 0.3) is 0 Å². The summed E-state index contributed by atoms with van der Waals surface area (Å²) in [5, 5.41) is 3.16. The third-order valence-corrected chi connectivity index (χ3v) is 4.75. The summed E-state index contributed by atoms with van der Waals surface area (Å²) in [6.07, 6.45) is 1.87. The minimum atomic E-state index is 0.778. The van der Waals surface area contributed by atoms with Gasteiger partial charge in [-0.15, -0.1) is 11.3 Å². The molecule has 0 amide bonds. The van der Waals surface area contributed by atoms with E-state index in [1.165, 1.54) is 5.56 Å². The minimum absolute atomic E-state index is 0.778. The van der Waals surface area contributed by atoms with E-state index < -0.39 is 0 Å². The maximum absolute atomic E-state index is 5.37. The topological polar surface area (TPSA) is 37.8 Å². The smallest absolute Gasteiger partial charge is 0.185 e. The van der Waals surface area contributed by atoms with Crippen LogP contribution in [0.2, 0.25) is 0 Å². The molecule has 1 aromatic heterocycles. The number of hydrogen-bond donors (Lipinski definition) is 0. The number of anilines is 1. The van der Waals surface area contributed by atoms with Crippen molar-refractivity contribution in [2.45, 2.75) is 6.54 Å². The number of benzene rings is 1. The molecular formula is C16H21N3O2S. The Labute approximate surface area is 135 Å². The van der Waals surface area contributed by atoms with Gasteiger partial charge >= 0.3 is 0 Å². The lowest BCUT2D eigenvalue weighted by molar-refractivity contribution is 0.249. The first-order chi connectivity index (χ1) is 10.8. The van der Waals surface area contributed by atoms with Gasteiger partial charge in [0.1, 0.15) is 0 Å². The molecule has 1 aliphatic rings. The van der Waals surface area contributed by atoms with Crippen molar-refractivity contribution >= 4 is 16.5 Å². The number of piperazine rings is 1. The molecule has 5 nitrogen and oxygen atoms in total. The van der Waals surface area contributed by atoms with E-state index in [-0.39, 0.29) is 0 Å². The molecule has 118 valence electrons. The number of hydrogen-bond acceptors (Lipinski definition) is 6. The van der Waals surface area contributed by atoms with E-state index >= 15 is 0 Å². The molecule has 0 aliphatic carbocycles. The molecule has 0 spiro atoms. The highest BCUT2D eigenvalue weighted by molar-refractivity contribution is 7.13. The number of nitrogens with zero attached hydrogens (tertiary/aromatic N) is 3. The second-order valence-electron chi connectivity index (χ2n) is 5.27. The van der Waals surface area contributed by atoms with Gasteiger partial charge in [0.05, 0.1) is 14.2 Å². The number of rotatable bonds is 5. The number of ether oxygens (including phenoxy) is 2. The van der Waals surface area contributed by atoms with Crippen LogP contribution in [-0.2, 0) is 6.54 Å². The average molecular weight is 319 g/mol. The molecule has 0 radical (unpaired) electrons. The Bertz CT molecular complexity index is 595. The molecule has 1 saturated heterocycles. The highest BCUT2D eigenvalue weighted by Crippen LogP contribution is 2.28. The normalized spacial score (nSPS) is 15.8. The van der Waals surface area contributed by atoms with Gasteiger partial charge < -0.3 is 14.4 Å². The lowest BCUT2D eigenvalue weighted by Crippen LogP contribution is -2.45. The van der Waals surface area contributed by atoms with Gasteiger partial charge in [-0.05, 0) is 17.7 Å². The van der Waals surface area contributed by atoms with Crippen molar-refractivity contribution in [1.82, 2.24) is 9.88 Å². The fourth-order valence-electron chi connectivity index (χ4n) is 2.71. The van der Waals surface area contributed by atoms with Crippen LogP contribution in [0.3, 0.4) is 0 Å². The second-order valence-corrected chi connectivity index (χ2v) is 6.14. The van der Waals surface area contributed by atoms with Crippen molar-refractivity contribution in [2.24, 2.45) is 0 Å². The number of thiazole rings is 1. The van der Waals surface area contributed by atoms with Crippen LogP contribution in [0.5, 0.6) is 11.5 Å². The molecule has 0 N–H and O–H groups in total. The molecule has 0 saturated carbocycles. The van der Waals surface area contributed by atoms with Crippen molar-refractivity contribution in [2.75, 3.05) is 45.3 Å². The Morgan fingerprint density at radius 2 is 1.86 bits per heavy atom. The molecule has 3 rings (SSSR count). The predicted molar refractivity (Wildman–Crippen MR) is 89.2 cm³/mol. The number of methoxy groups -OCH3 is 2. The van der Waals surface area contributed by atoms with Crippen LogP contribution in [0.15, 0.2) is 29.8 Å². The maximum atomic E-state index is 5.37. The zero-order valence-corrected chi connectivity index (χ0v) is 13.8. The van der Waals surface area contributed by atoms with Gasteiger partial charge in [-0.3, -0.25) is 4.90 Å². The van der Waals surface area contributed by atoms with Gasteiger partial charge in [-0.25, -0.2) is 4.98 Å². The Kier molecular flexibility index (Phi) is 4.80. The van der Waals surface area contributed by atoms with E-state index in [0.717, 1.165) is 49.4 Å². The van der Waals surface area contributed by atoms with Gasteiger partial charge in [0, 0.05) is 44.3 Å². The first-order valence-corrected chi connectivity index (χ1v) is 8.26. The average Bonchev–Trinajstić information content (AvgIpc) is 3.10. The van der Waals surface area contributed by atoms with E-state index in [0.29, 0.717) is 0 Å². The standard InChI is InChI=1S/C16H21N3O2S/c1-20-14-4-3-13(11-15(14)21-2)12-18-6-8-19(9-7-18)16-17-5-10-22-16/h3-5,10-11H,6-9,12H2,1-2H3. The largest absolute Gasteiger partial charge is 0.493 e. The molecular weight excluding hydrogens is 298 g/mol. The monoisotopic (exact) mass is 319 g/mol. The first kappa shape index (κ1) is 15.1. The summed E-state index contributed by atoms with van der Waals surface area (Å²) >= 11 is 1.71. The highest BCUT2D eigenvalue weighted by atomic mass is 32.1. The highest BCUT2D eigenvalue weighted by Gasteiger charge is 2.19. The number of aromatic nitrogens is 1. The summed E-state index contributed by atoms with van der Waals surface area (Å²) < 4.78 is 10.7. The second kappa shape index (κ2) is 6.98. The molecule has 0 atom stereocenters. The Morgan fingerprint density at radius 3 is 2.50 bits per heavy atom. The van der Waals surface area contributed by atoms with E-state index in [2.05, 4.69) is 26.9 Å². The molecule has 0 bridgehead atoms. The van der Waals surface area contributed by atoms with Crippen LogP contribution in [-0.4, -0.2) is 50.3 Å². The first-order valence-electron chi connectivity index (χ1n) is 7.38. The minimum Gasteiger partial charge on any atom is -0.493 e. The van der Waals surface area contributed by atoms with Crippen LogP contribution < -0.4 is 14.4 Å². The van der Waals surface area contributed by atoms with Gasteiger partial charge in [0.2, 0.25) is 0 Å². The van der Waals surface area contributed by atoms with Crippen molar-refractivity contribution < 1.29 is 9.47 Å². The lowest BCUT2D eigenvalue weighted by atomic mass is 10.1. The van der Waals surface area contributed by atoms with Crippen molar-refractivity contribution in [1.29, 1.82) is 0 Å². The lowest BCUT2D eigenvalue weighted by Gasteiger charge is -2.34. The SMILES string of the molecule is COc1ccc(CN2CCN(c3nccs3)CC2)cc1OC. The Balaban J connectivity index is 1.58. The van der Waals surface area contributed by atoms with E-state index in [1.807, 2.05) is 17.6 Å². The summed E-state index contributed by atoms with van der Waals surface area (Å²) in [4.78, 5) is 9.21. The van der Waals surface area contributed by atoms with Gasteiger partial charge in [0.15, 0.2) is 16.6 Å². The zero-order valence-electron chi connectivity index (χ0n) is 13.0. The van der Waals surface area contributed by atoms with Gasteiger partial charge in [-0.2, -0.15) is 0 Å². The van der Waals surface area contributed by atoms with Crippen LogP contribution in [0, 0.1) is 0 Å². The molecule has 1 aromatic carbocycles. The molecule has 0 unspecified atom stereocenters. The molecule has 2 heterocycles. The van der Waals surface area contributed by atoms with Crippen LogP contribution >= 0.6 is 11.3 Å². The van der Waals surface area contributed by atoms with E-state index in [1.54, 1.807) is 25.6 Å². The third-order valence-electron chi connectivity index (χ3n) is 3.92. The molecule has 22 heavy (non-hydrogen) atoms. The fourth-order valence-corrected chi connectivity index (χ4v) is 3.40. The fraction of sp³-hybridized carbons (Fsp3) is 0.438. The Morgan fingerprint density at radius 1 is 1.09 bits per heavy atom. The van der Waals surface area contributed by atoms with Crippen LogP contribution in [0.4, 0.5) is 5.13 Å². The third kappa shape index (κ3) is 3.34. The summed E-state index contributed by atoms with van der Waals surface area (Å²) in [5.74, 6) is 1.57. The Hall–Kier alpha value is -1.79. The summed E-state index contributed by atoms with van der Waals surface area (Å²) in [5.41, 5.74) is 1.25. The predicted octanol–water partition coefficient (Wildman–Crippen LogP) is 2.48. The van der Waals surface area contributed by atoms with Crippen molar-refractivity contribution in [3.8, 4) is 11.5 Å². The molecule has 1 fully saturated rings. The summed E-state index contributed by atoms with van der Waals surface area (Å²) in [7, 11) is 3.34. The molecule has 1 aliphatic heterocycles. The summed E-state index contributed by atoms with van der Waals surface area (Å²) in [6.45, 7) is 5.09. The van der Waals surface area contributed by atoms with Crippen molar-refractivity contribution in [3.63, 3.8) is 0 Å². The zero-order chi connectivity index (χ0) is 15.4. The van der Waals surface area contributed by atoms with E-state index in [4.69, 9.17) is 9.47 Å². The van der Waals surface area contributed by atoms with Crippen LogP contribution in [0.25, 0.3) is 0 Å². The quantitative estimate of drug-likeness (QED) is 0.846. The van der Waals surface area contributed by atoms with Crippen molar-refractivity contribution in [3.05, 3.63) is 35.3 Å². The van der Waals surface area contributed by atoms with Crippen LogP contribution in [0.1, 0.15) is 5.56 Å². The maximum Gasteiger partial charge on any atom is 0.185 e. The van der Waals surface area contributed by atoms with E-state index in [9.17, 15) is 0 Å². The summed E-state index contributed by atoms with van der Waals surface area (Å²) in [6, 6.07) is 6.14. The molecule has 2 aromatic rings. The molecule has 6 heteroatoms. The van der Waals surface area contributed by atoms with Gasteiger partial charge in [-0.1, -0.05) is 6.07 Å².